The quantitative estimate of drug-likeness (QED) is 0.844. The minimum atomic E-state index is -0.979. The van der Waals surface area contributed by atoms with E-state index in [4.69, 9.17) is 5.11 Å². The number of aromatic nitrogens is 3. The topological polar surface area (TPSA) is 97.1 Å². The van der Waals surface area contributed by atoms with Crippen LogP contribution in [0.1, 0.15) is 42.3 Å². The van der Waals surface area contributed by atoms with E-state index in [-0.39, 0.29) is 18.9 Å². The van der Waals surface area contributed by atoms with Crippen LogP contribution in [0.25, 0.3) is 0 Å². The van der Waals surface area contributed by atoms with Gasteiger partial charge in [-0.2, -0.15) is 5.10 Å². The van der Waals surface area contributed by atoms with Crippen molar-refractivity contribution in [3.05, 3.63) is 28.3 Å². The molecule has 3 rings (SSSR count). The van der Waals surface area contributed by atoms with E-state index in [0.29, 0.717) is 11.7 Å². The van der Waals surface area contributed by atoms with Crippen LogP contribution in [0.5, 0.6) is 0 Å². The normalized spacial score (nSPS) is 15.0. The fourth-order valence-corrected chi connectivity index (χ4v) is 3.76. The molecule has 0 bridgehead atoms. The van der Waals surface area contributed by atoms with Crippen molar-refractivity contribution < 1.29 is 14.7 Å². The van der Waals surface area contributed by atoms with Crippen molar-refractivity contribution in [2.24, 2.45) is 0 Å². The summed E-state index contributed by atoms with van der Waals surface area (Å²) in [5.74, 6) is -0.271. The molecule has 0 saturated heterocycles. The van der Waals surface area contributed by atoms with Crippen molar-refractivity contribution in [3.8, 4) is 0 Å². The van der Waals surface area contributed by atoms with Crippen LogP contribution in [0.15, 0.2) is 17.6 Å². The zero-order valence-electron chi connectivity index (χ0n) is 12.6. The molecule has 2 aromatic heterocycles. The zero-order valence-corrected chi connectivity index (χ0v) is 13.4. The first-order valence-corrected chi connectivity index (χ1v) is 8.47. The third-order valence-electron chi connectivity index (χ3n) is 3.82. The van der Waals surface area contributed by atoms with Gasteiger partial charge < -0.3 is 10.4 Å². The van der Waals surface area contributed by atoms with Crippen LogP contribution in [0.2, 0.25) is 0 Å². The number of thiazole rings is 1. The van der Waals surface area contributed by atoms with Crippen molar-refractivity contribution in [1.82, 2.24) is 14.8 Å². The molecule has 2 aromatic rings. The number of nitrogens with zero attached hydrogens (tertiary/aromatic N) is 3. The van der Waals surface area contributed by atoms with Gasteiger partial charge in [-0.3, -0.25) is 14.3 Å². The fraction of sp³-hybridized carbons (Fsp3) is 0.467. The molecule has 0 aliphatic heterocycles. The maximum Gasteiger partial charge on any atom is 0.325 e. The predicted octanol–water partition coefficient (Wildman–Crippen LogP) is 2.26. The molecule has 1 saturated carbocycles. The smallest absolute Gasteiger partial charge is 0.325 e. The second kappa shape index (κ2) is 6.91. The molecule has 0 aromatic carbocycles. The van der Waals surface area contributed by atoms with Gasteiger partial charge in [0.1, 0.15) is 6.54 Å². The van der Waals surface area contributed by atoms with Crippen LogP contribution >= 0.6 is 11.3 Å². The van der Waals surface area contributed by atoms with Gasteiger partial charge in [-0.05, 0) is 12.8 Å². The highest BCUT2D eigenvalue weighted by Crippen LogP contribution is 2.35. The lowest BCUT2D eigenvalue weighted by molar-refractivity contribution is -0.137. The number of anilines is 1. The number of hydrogen-bond acceptors (Lipinski definition) is 5. The number of amides is 1. The number of aliphatic carboxylic acids is 1. The van der Waals surface area contributed by atoms with E-state index in [0.717, 1.165) is 10.7 Å². The number of carbonyl (C=O) groups excluding carboxylic acids is 1. The standard InChI is InChI=1S/C15H18N4O3S/c20-13(17-12-5-6-19(18-12)8-14(21)22)7-11-9-23-15(16-11)10-3-1-2-4-10/h5-6,9-10H,1-4,7-8H2,(H,21,22)(H,17,18,20). The van der Waals surface area contributed by atoms with Gasteiger partial charge in [0.05, 0.1) is 17.1 Å². The average molecular weight is 334 g/mol. The molecular weight excluding hydrogens is 316 g/mol. The van der Waals surface area contributed by atoms with Crippen molar-refractivity contribution in [2.45, 2.75) is 44.6 Å². The monoisotopic (exact) mass is 334 g/mol. The van der Waals surface area contributed by atoms with Crippen LogP contribution in [0.3, 0.4) is 0 Å². The van der Waals surface area contributed by atoms with E-state index < -0.39 is 5.97 Å². The molecule has 1 amide bonds. The van der Waals surface area contributed by atoms with Gasteiger partial charge in [0, 0.05) is 23.6 Å². The van der Waals surface area contributed by atoms with E-state index >= 15 is 0 Å². The molecule has 2 N–H and O–H groups in total. The molecule has 1 fully saturated rings. The summed E-state index contributed by atoms with van der Waals surface area (Å²) in [5, 5.41) is 18.4. The molecular formula is C15H18N4O3S. The summed E-state index contributed by atoms with van der Waals surface area (Å²) >= 11 is 1.63. The van der Waals surface area contributed by atoms with E-state index in [2.05, 4.69) is 15.4 Å². The number of nitrogens with one attached hydrogen (secondary N) is 1. The Kier molecular flexibility index (Phi) is 4.71. The molecule has 0 spiro atoms. The van der Waals surface area contributed by atoms with Crippen LogP contribution in [0.4, 0.5) is 5.82 Å². The van der Waals surface area contributed by atoms with Gasteiger partial charge in [0.25, 0.3) is 0 Å². The summed E-state index contributed by atoms with van der Waals surface area (Å²) in [6, 6.07) is 1.58. The summed E-state index contributed by atoms with van der Waals surface area (Å²) in [5.41, 5.74) is 0.777. The number of rotatable bonds is 6. The molecule has 23 heavy (non-hydrogen) atoms. The fourth-order valence-electron chi connectivity index (χ4n) is 2.77. The summed E-state index contributed by atoms with van der Waals surface area (Å²) in [6.45, 7) is -0.229. The molecule has 0 atom stereocenters. The van der Waals surface area contributed by atoms with Crippen LogP contribution in [0, 0.1) is 0 Å². The molecule has 0 unspecified atom stereocenters. The second-order valence-corrected chi connectivity index (χ2v) is 6.57. The summed E-state index contributed by atoms with van der Waals surface area (Å²) < 4.78 is 1.26. The van der Waals surface area contributed by atoms with Gasteiger partial charge in [-0.15, -0.1) is 11.3 Å². The molecule has 8 heteroatoms. The Morgan fingerprint density at radius 3 is 2.91 bits per heavy atom. The van der Waals surface area contributed by atoms with E-state index in [9.17, 15) is 9.59 Å². The number of hydrogen-bond donors (Lipinski definition) is 2. The van der Waals surface area contributed by atoms with E-state index in [1.54, 1.807) is 17.4 Å². The Labute approximate surface area is 137 Å². The lowest BCUT2D eigenvalue weighted by atomic mass is 10.1. The van der Waals surface area contributed by atoms with Gasteiger partial charge >= 0.3 is 5.97 Å². The summed E-state index contributed by atoms with van der Waals surface area (Å²) in [4.78, 5) is 27.2. The summed E-state index contributed by atoms with van der Waals surface area (Å²) in [7, 11) is 0. The highest BCUT2D eigenvalue weighted by atomic mass is 32.1. The minimum absolute atomic E-state index is 0.200. The van der Waals surface area contributed by atoms with E-state index in [1.165, 1.54) is 36.6 Å². The van der Waals surface area contributed by atoms with Gasteiger partial charge in [-0.1, -0.05) is 12.8 Å². The maximum atomic E-state index is 12.0. The molecule has 1 aliphatic rings. The third-order valence-corrected chi connectivity index (χ3v) is 4.88. The zero-order chi connectivity index (χ0) is 16.2. The highest BCUT2D eigenvalue weighted by Gasteiger charge is 2.20. The Hall–Kier alpha value is -2.22. The third kappa shape index (κ3) is 4.16. The summed E-state index contributed by atoms with van der Waals surface area (Å²) in [6.07, 6.45) is 6.64. The van der Waals surface area contributed by atoms with Crippen molar-refractivity contribution in [1.29, 1.82) is 0 Å². The lowest BCUT2D eigenvalue weighted by Crippen LogP contribution is -2.16. The minimum Gasteiger partial charge on any atom is -0.480 e. The SMILES string of the molecule is O=C(O)Cn1ccc(NC(=O)Cc2csc(C3CCCC3)n2)n1. The average Bonchev–Trinajstić information content (AvgIpc) is 3.19. The molecule has 122 valence electrons. The highest BCUT2D eigenvalue weighted by molar-refractivity contribution is 7.09. The number of carboxylic acids is 1. The van der Waals surface area contributed by atoms with E-state index in [1.807, 2.05) is 5.38 Å². The Balaban J connectivity index is 1.54. The van der Waals surface area contributed by atoms with Crippen molar-refractivity contribution in [2.75, 3.05) is 5.32 Å². The predicted molar refractivity (Wildman–Crippen MR) is 85.5 cm³/mol. The number of carbonyl (C=O) groups is 2. The van der Waals surface area contributed by atoms with Gasteiger partial charge in [0.2, 0.25) is 5.91 Å². The maximum absolute atomic E-state index is 12.0. The molecule has 0 radical (unpaired) electrons. The molecule has 7 nitrogen and oxygen atoms in total. The Morgan fingerprint density at radius 1 is 1.39 bits per heavy atom. The largest absolute Gasteiger partial charge is 0.480 e. The first-order chi connectivity index (χ1) is 11.1. The van der Waals surface area contributed by atoms with Crippen LogP contribution in [-0.2, 0) is 22.6 Å². The Bertz CT molecular complexity index is 703. The first kappa shape index (κ1) is 15.7. The lowest BCUT2D eigenvalue weighted by Gasteiger charge is -2.03. The Morgan fingerprint density at radius 2 is 2.17 bits per heavy atom. The molecule has 2 heterocycles. The van der Waals surface area contributed by atoms with Crippen LogP contribution < -0.4 is 5.32 Å². The first-order valence-electron chi connectivity index (χ1n) is 7.59. The number of carboxylic acid groups (broad SMARTS) is 1. The van der Waals surface area contributed by atoms with Crippen LogP contribution in [-0.4, -0.2) is 31.7 Å². The van der Waals surface area contributed by atoms with Crippen molar-refractivity contribution in [3.63, 3.8) is 0 Å². The van der Waals surface area contributed by atoms with Gasteiger partial charge in [0.15, 0.2) is 5.82 Å². The van der Waals surface area contributed by atoms with Gasteiger partial charge in [-0.25, -0.2) is 4.98 Å². The molecule has 1 aliphatic carbocycles. The second-order valence-electron chi connectivity index (χ2n) is 5.68. The van der Waals surface area contributed by atoms with Crippen molar-refractivity contribution >= 4 is 29.0 Å².